The predicted octanol–water partition coefficient (Wildman–Crippen LogP) is 1.57. The lowest BCUT2D eigenvalue weighted by molar-refractivity contribution is 0.243. The number of nitrogens with two attached hydrogens (primary N) is 1. The fraction of sp³-hybridized carbons (Fsp3) is 0.400. The van der Waals surface area contributed by atoms with Crippen molar-refractivity contribution in [2.75, 3.05) is 0 Å². The quantitative estimate of drug-likeness (QED) is 0.599. The summed E-state index contributed by atoms with van der Waals surface area (Å²) in [6, 6.07) is 2.11. The molecule has 14 heavy (non-hydrogen) atoms. The van der Waals surface area contributed by atoms with Crippen LogP contribution in [0.25, 0.3) is 0 Å². The number of phenolic OH excluding ortho intramolecular Hbond substituents is 2. The molecule has 1 saturated carbocycles. The van der Waals surface area contributed by atoms with E-state index in [2.05, 4.69) is 0 Å². The first-order chi connectivity index (χ1) is 6.53. The second kappa shape index (κ2) is 2.85. The van der Waals surface area contributed by atoms with Gasteiger partial charge in [0.1, 0.15) is 5.75 Å². The van der Waals surface area contributed by atoms with Crippen LogP contribution < -0.4 is 5.73 Å². The monoisotopic (exact) mass is 197 g/mol. The summed E-state index contributed by atoms with van der Waals surface area (Å²) in [6.07, 6.45) is 2.51. The zero-order chi connectivity index (χ0) is 10.3. The predicted molar refractivity (Wildman–Crippen MR) is 49.4 cm³/mol. The highest BCUT2D eigenvalue weighted by Crippen LogP contribution is 2.44. The van der Waals surface area contributed by atoms with Crippen molar-refractivity contribution in [2.24, 2.45) is 5.73 Å². The molecule has 1 aromatic rings. The van der Waals surface area contributed by atoms with E-state index in [1.54, 1.807) is 0 Å². The van der Waals surface area contributed by atoms with E-state index in [4.69, 9.17) is 10.8 Å². The molecule has 4 N–H and O–H groups in total. The van der Waals surface area contributed by atoms with Crippen LogP contribution in [0.3, 0.4) is 0 Å². The normalized spacial score (nSPS) is 19.0. The van der Waals surface area contributed by atoms with Crippen LogP contribution in [0.2, 0.25) is 0 Å². The minimum absolute atomic E-state index is 0.178. The summed E-state index contributed by atoms with van der Waals surface area (Å²) < 4.78 is 12.8. The lowest BCUT2D eigenvalue weighted by Crippen LogP contribution is -2.43. The van der Waals surface area contributed by atoms with Crippen molar-refractivity contribution in [3.63, 3.8) is 0 Å². The topological polar surface area (TPSA) is 66.5 Å². The third-order valence-corrected chi connectivity index (χ3v) is 2.85. The molecule has 1 aliphatic carbocycles. The Bertz CT molecular complexity index is 375. The number of hydrogen-bond acceptors (Lipinski definition) is 3. The molecule has 1 aromatic carbocycles. The number of rotatable bonds is 1. The molecular formula is C10H12FNO2. The van der Waals surface area contributed by atoms with E-state index in [9.17, 15) is 9.50 Å². The minimum Gasteiger partial charge on any atom is -0.507 e. The molecule has 0 radical (unpaired) electrons. The lowest BCUT2D eigenvalue weighted by atomic mass is 9.72. The van der Waals surface area contributed by atoms with Gasteiger partial charge in [0, 0.05) is 17.2 Å². The van der Waals surface area contributed by atoms with E-state index in [0.29, 0.717) is 5.56 Å². The second-order valence-corrected chi connectivity index (χ2v) is 3.83. The van der Waals surface area contributed by atoms with Gasteiger partial charge in [0.25, 0.3) is 0 Å². The molecule has 76 valence electrons. The number of halogens is 1. The summed E-state index contributed by atoms with van der Waals surface area (Å²) >= 11 is 0. The fourth-order valence-corrected chi connectivity index (χ4v) is 1.78. The Hall–Kier alpha value is -1.29. The molecule has 0 amide bonds. The minimum atomic E-state index is -0.825. The van der Waals surface area contributed by atoms with E-state index in [1.165, 1.54) is 6.07 Å². The molecule has 0 aromatic heterocycles. The van der Waals surface area contributed by atoms with Gasteiger partial charge in [-0.3, -0.25) is 0 Å². The fourth-order valence-electron chi connectivity index (χ4n) is 1.78. The zero-order valence-electron chi connectivity index (χ0n) is 7.63. The molecule has 4 heteroatoms. The van der Waals surface area contributed by atoms with Gasteiger partial charge >= 0.3 is 0 Å². The van der Waals surface area contributed by atoms with Crippen molar-refractivity contribution < 1.29 is 14.6 Å². The van der Waals surface area contributed by atoms with E-state index in [0.717, 1.165) is 25.3 Å². The lowest BCUT2D eigenvalue weighted by Gasteiger charge is -2.38. The highest BCUT2D eigenvalue weighted by atomic mass is 19.1. The van der Waals surface area contributed by atoms with Gasteiger partial charge in [0.15, 0.2) is 11.6 Å². The van der Waals surface area contributed by atoms with Crippen LogP contribution in [0.1, 0.15) is 24.8 Å². The van der Waals surface area contributed by atoms with E-state index < -0.39 is 17.1 Å². The van der Waals surface area contributed by atoms with Gasteiger partial charge in [-0.1, -0.05) is 0 Å². The molecule has 0 heterocycles. The van der Waals surface area contributed by atoms with Crippen molar-refractivity contribution in [1.29, 1.82) is 0 Å². The number of hydrogen-bond donors (Lipinski definition) is 3. The highest BCUT2D eigenvalue weighted by Gasteiger charge is 2.37. The molecule has 1 aliphatic rings. The third-order valence-electron chi connectivity index (χ3n) is 2.85. The molecule has 3 nitrogen and oxygen atoms in total. The van der Waals surface area contributed by atoms with Gasteiger partial charge in [-0.15, -0.1) is 0 Å². The molecule has 2 rings (SSSR count). The molecule has 0 bridgehead atoms. The first-order valence-corrected chi connectivity index (χ1v) is 4.54. The van der Waals surface area contributed by atoms with Gasteiger partial charge in [0.05, 0.1) is 0 Å². The third kappa shape index (κ3) is 1.23. The van der Waals surface area contributed by atoms with Crippen LogP contribution >= 0.6 is 0 Å². The van der Waals surface area contributed by atoms with Crippen molar-refractivity contribution in [2.45, 2.75) is 24.8 Å². The van der Waals surface area contributed by atoms with Gasteiger partial charge in [-0.25, -0.2) is 4.39 Å². The summed E-state index contributed by atoms with van der Waals surface area (Å²) in [5.74, 6) is -1.47. The zero-order valence-corrected chi connectivity index (χ0v) is 7.63. The molecule has 0 atom stereocenters. The first kappa shape index (κ1) is 9.27. The van der Waals surface area contributed by atoms with Crippen molar-refractivity contribution in [1.82, 2.24) is 0 Å². The molecular weight excluding hydrogens is 185 g/mol. The van der Waals surface area contributed by atoms with E-state index >= 15 is 0 Å². The van der Waals surface area contributed by atoms with Crippen molar-refractivity contribution in [3.8, 4) is 11.5 Å². The summed E-state index contributed by atoms with van der Waals surface area (Å²) in [5, 5.41) is 18.7. The van der Waals surface area contributed by atoms with Crippen LogP contribution in [0.5, 0.6) is 11.5 Å². The average Bonchev–Trinajstić information content (AvgIpc) is 2.07. The Morgan fingerprint density at radius 2 is 1.86 bits per heavy atom. The summed E-state index contributed by atoms with van der Waals surface area (Å²) in [7, 11) is 0. The standard InChI is InChI=1S/C10H12FNO2/c11-7-5-8(13)6(4-9(7)14)10(12)2-1-3-10/h4-5,13-14H,1-3,12H2. The van der Waals surface area contributed by atoms with Gasteiger partial charge in [-0.2, -0.15) is 0 Å². The Morgan fingerprint density at radius 1 is 1.21 bits per heavy atom. The first-order valence-electron chi connectivity index (χ1n) is 4.54. The summed E-state index contributed by atoms with van der Waals surface area (Å²) in [6.45, 7) is 0. The Balaban J connectivity index is 2.48. The van der Waals surface area contributed by atoms with Gasteiger partial charge in [0.2, 0.25) is 0 Å². The van der Waals surface area contributed by atoms with E-state index in [-0.39, 0.29) is 5.75 Å². The summed E-state index contributed by atoms with van der Waals surface area (Å²) in [5.41, 5.74) is 5.80. The smallest absolute Gasteiger partial charge is 0.168 e. The maximum Gasteiger partial charge on any atom is 0.168 e. The largest absolute Gasteiger partial charge is 0.507 e. The van der Waals surface area contributed by atoms with Crippen LogP contribution in [0.4, 0.5) is 4.39 Å². The van der Waals surface area contributed by atoms with Crippen LogP contribution in [-0.4, -0.2) is 10.2 Å². The van der Waals surface area contributed by atoms with Crippen LogP contribution in [-0.2, 0) is 5.54 Å². The van der Waals surface area contributed by atoms with Crippen molar-refractivity contribution >= 4 is 0 Å². The Kier molecular flexibility index (Phi) is 1.89. The SMILES string of the molecule is NC1(c2cc(O)c(F)cc2O)CCC1. The number of benzene rings is 1. The van der Waals surface area contributed by atoms with Crippen molar-refractivity contribution in [3.05, 3.63) is 23.5 Å². The Morgan fingerprint density at radius 3 is 2.36 bits per heavy atom. The van der Waals surface area contributed by atoms with Gasteiger partial charge in [-0.05, 0) is 25.3 Å². The molecule has 0 saturated heterocycles. The Labute approximate surface area is 81.0 Å². The molecule has 0 unspecified atom stereocenters. The van der Waals surface area contributed by atoms with Gasteiger partial charge < -0.3 is 15.9 Å². The number of phenols is 2. The second-order valence-electron chi connectivity index (χ2n) is 3.83. The highest BCUT2D eigenvalue weighted by molar-refractivity contribution is 5.44. The van der Waals surface area contributed by atoms with Crippen LogP contribution in [0, 0.1) is 5.82 Å². The maximum atomic E-state index is 12.8. The maximum absolute atomic E-state index is 12.8. The van der Waals surface area contributed by atoms with Crippen LogP contribution in [0.15, 0.2) is 12.1 Å². The molecule has 0 aliphatic heterocycles. The van der Waals surface area contributed by atoms with E-state index in [1.807, 2.05) is 0 Å². The number of aromatic hydroxyl groups is 2. The summed E-state index contributed by atoms with van der Waals surface area (Å²) in [4.78, 5) is 0. The average molecular weight is 197 g/mol. The molecule has 0 spiro atoms. The molecule has 1 fully saturated rings.